The maximum absolute atomic E-state index is 12.5. The maximum Gasteiger partial charge on any atom is 0.317 e. The number of carbonyl (C=O) groups is 2. The lowest BCUT2D eigenvalue weighted by atomic mass is 9.97. The van der Waals surface area contributed by atoms with Gasteiger partial charge in [-0.15, -0.1) is 0 Å². The summed E-state index contributed by atoms with van der Waals surface area (Å²) >= 11 is 0. The Kier molecular flexibility index (Phi) is 5.27. The van der Waals surface area contributed by atoms with Crippen LogP contribution in [0.3, 0.4) is 0 Å². The van der Waals surface area contributed by atoms with Crippen LogP contribution < -0.4 is 5.32 Å². The molecule has 1 aromatic heterocycles. The van der Waals surface area contributed by atoms with Gasteiger partial charge >= 0.3 is 5.97 Å². The number of pyridine rings is 1. The van der Waals surface area contributed by atoms with Crippen molar-refractivity contribution in [1.29, 1.82) is 0 Å². The van der Waals surface area contributed by atoms with Crippen LogP contribution in [0.4, 0.5) is 0 Å². The molecule has 0 bridgehead atoms. The third-order valence-electron chi connectivity index (χ3n) is 3.66. The Bertz CT molecular complexity index is 519. The number of hydrogen-bond donors (Lipinski definition) is 2. The zero-order valence-corrected chi connectivity index (χ0v) is 12.2. The number of amides is 1. The van der Waals surface area contributed by atoms with E-state index < -0.39 is 5.97 Å². The summed E-state index contributed by atoms with van der Waals surface area (Å²) in [6.45, 7) is 3.90. The summed E-state index contributed by atoms with van der Waals surface area (Å²) in [5, 5.41) is 11.5. The minimum absolute atomic E-state index is 0.0310. The first-order valence-corrected chi connectivity index (χ1v) is 7.20. The molecule has 1 fully saturated rings. The first-order valence-electron chi connectivity index (χ1n) is 7.20. The van der Waals surface area contributed by atoms with Crippen LogP contribution in [-0.4, -0.2) is 53.0 Å². The number of piperidine rings is 1. The molecule has 0 saturated carbocycles. The van der Waals surface area contributed by atoms with Crippen LogP contribution in [0, 0.1) is 12.8 Å². The average molecular weight is 291 g/mol. The molecule has 114 valence electrons. The topological polar surface area (TPSA) is 82.5 Å². The van der Waals surface area contributed by atoms with Crippen molar-refractivity contribution >= 4 is 11.9 Å². The molecule has 2 rings (SSSR count). The number of nitrogens with one attached hydrogen (secondary N) is 1. The van der Waals surface area contributed by atoms with Gasteiger partial charge in [0.25, 0.3) is 5.91 Å². The number of nitrogens with zero attached hydrogens (tertiary/aromatic N) is 2. The van der Waals surface area contributed by atoms with Crippen molar-refractivity contribution in [1.82, 2.24) is 15.2 Å². The molecule has 2 heterocycles. The Labute approximate surface area is 124 Å². The van der Waals surface area contributed by atoms with E-state index in [4.69, 9.17) is 5.11 Å². The summed E-state index contributed by atoms with van der Waals surface area (Å²) in [7, 11) is 0. The summed E-state index contributed by atoms with van der Waals surface area (Å²) in [6.07, 6.45) is 3.62. The molecule has 6 heteroatoms. The fourth-order valence-corrected chi connectivity index (χ4v) is 2.66. The highest BCUT2D eigenvalue weighted by Crippen LogP contribution is 2.18. The van der Waals surface area contributed by atoms with Crippen LogP contribution in [0.1, 0.15) is 28.9 Å². The molecule has 0 aromatic carbocycles. The molecule has 1 atom stereocenters. The van der Waals surface area contributed by atoms with Gasteiger partial charge < -0.3 is 15.3 Å². The van der Waals surface area contributed by atoms with E-state index in [-0.39, 0.29) is 12.5 Å². The quantitative estimate of drug-likeness (QED) is 0.843. The van der Waals surface area contributed by atoms with Gasteiger partial charge in [-0.25, -0.2) is 0 Å². The van der Waals surface area contributed by atoms with Crippen LogP contribution in [0.25, 0.3) is 0 Å². The highest BCUT2D eigenvalue weighted by molar-refractivity contribution is 5.94. The number of carbonyl (C=O) groups excluding carboxylic acids is 1. The van der Waals surface area contributed by atoms with Gasteiger partial charge in [0.1, 0.15) is 0 Å². The Morgan fingerprint density at radius 3 is 3.05 bits per heavy atom. The number of aryl methyl sites for hydroxylation is 1. The Morgan fingerprint density at radius 2 is 2.33 bits per heavy atom. The normalized spacial score (nSPS) is 18.5. The smallest absolute Gasteiger partial charge is 0.317 e. The second-order valence-electron chi connectivity index (χ2n) is 5.47. The highest BCUT2D eigenvalue weighted by atomic mass is 16.4. The van der Waals surface area contributed by atoms with Gasteiger partial charge in [0, 0.05) is 37.1 Å². The van der Waals surface area contributed by atoms with E-state index >= 15 is 0 Å². The van der Waals surface area contributed by atoms with E-state index in [0.29, 0.717) is 24.6 Å². The van der Waals surface area contributed by atoms with Crippen LogP contribution in [-0.2, 0) is 4.79 Å². The summed E-state index contributed by atoms with van der Waals surface area (Å²) in [6, 6.07) is 3.54. The maximum atomic E-state index is 12.5. The van der Waals surface area contributed by atoms with Crippen molar-refractivity contribution in [3.8, 4) is 0 Å². The third kappa shape index (κ3) is 4.53. The van der Waals surface area contributed by atoms with Gasteiger partial charge in [-0.1, -0.05) is 0 Å². The number of aromatic nitrogens is 1. The molecular formula is C15H21N3O3. The summed E-state index contributed by atoms with van der Waals surface area (Å²) in [4.78, 5) is 28.9. The molecule has 0 radical (unpaired) electrons. The Balaban J connectivity index is 1.91. The van der Waals surface area contributed by atoms with Crippen molar-refractivity contribution in [3.05, 3.63) is 29.6 Å². The molecule has 1 unspecified atom stereocenters. The van der Waals surface area contributed by atoms with Crippen LogP contribution in [0.15, 0.2) is 18.3 Å². The first kappa shape index (κ1) is 15.4. The van der Waals surface area contributed by atoms with E-state index in [9.17, 15) is 9.59 Å². The van der Waals surface area contributed by atoms with E-state index in [1.54, 1.807) is 18.3 Å². The van der Waals surface area contributed by atoms with Crippen molar-refractivity contribution in [2.24, 2.45) is 5.92 Å². The van der Waals surface area contributed by atoms with Crippen LogP contribution in [0.2, 0.25) is 0 Å². The lowest BCUT2D eigenvalue weighted by Crippen LogP contribution is -2.43. The number of aliphatic carboxylic acids is 1. The molecule has 1 amide bonds. The fraction of sp³-hybridized carbons (Fsp3) is 0.533. The lowest BCUT2D eigenvalue weighted by Gasteiger charge is -2.33. The van der Waals surface area contributed by atoms with E-state index in [0.717, 1.165) is 25.1 Å². The highest BCUT2D eigenvalue weighted by Gasteiger charge is 2.24. The monoisotopic (exact) mass is 291 g/mol. The molecule has 2 N–H and O–H groups in total. The summed E-state index contributed by atoms with van der Waals surface area (Å²) in [5.74, 6) is -0.514. The molecule has 0 spiro atoms. The fourth-order valence-electron chi connectivity index (χ4n) is 2.66. The van der Waals surface area contributed by atoms with Crippen molar-refractivity contribution in [3.63, 3.8) is 0 Å². The molecule has 1 aromatic rings. The lowest BCUT2D eigenvalue weighted by molar-refractivity contribution is -0.136. The van der Waals surface area contributed by atoms with Crippen LogP contribution in [0.5, 0.6) is 0 Å². The van der Waals surface area contributed by atoms with Crippen LogP contribution >= 0.6 is 0 Å². The summed E-state index contributed by atoms with van der Waals surface area (Å²) < 4.78 is 0. The second-order valence-corrected chi connectivity index (χ2v) is 5.47. The van der Waals surface area contributed by atoms with Gasteiger partial charge in [-0.2, -0.15) is 0 Å². The third-order valence-corrected chi connectivity index (χ3v) is 3.66. The molecule has 21 heavy (non-hydrogen) atoms. The minimum atomic E-state index is -0.856. The second kappa shape index (κ2) is 7.17. The van der Waals surface area contributed by atoms with Crippen molar-refractivity contribution < 1.29 is 14.7 Å². The van der Waals surface area contributed by atoms with Crippen molar-refractivity contribution in [2.45, 2.75) is 19.8 Å². The van der Waals surface area contributed by atoms with E-state index in [1.165, 1.54) is 0 Å². The molecular weight excluding hydrogens is 270 g/mol. The molecule has 1 saturated heterocycles. The summed E-state index contributed by atoms with van der Waals surface area (Å²) in [5.41, 5.74) is 1.50. The zero-order valence-electron chi connectivity index (χ0n) is 12.2. The van der Waals surface area contributed by atoms with Gasteiger partial charge in [0.05, 0.1) is 6.54 Å². The van der Waals surface area contributed by atoms with Gasteiger partial charge in [0.2, 0.25) is 0 Å². The number of carboxylic acid groups (broad SMARTS) is 1. The predicted molar refractivity (Wildman–Crippen MR) is 78.1 cm³/mol. The van der Waals surface area contributed by atoms with Gasteiger partial charge in [-0.3, -0.25) is 14.6 Å². The average Bonchev–Trinajstić information content (AvgIpc) is 2.46. The molecule has 0 aliphatic carbocycles. The zero-order chi connectivity index (χ0) is 15.2. The predicted octanol–water partition coefficient (Wildman–Crippen LogP) is 0.916. The molecule has 6 nitrogen and oxygen atoms in total. The largest absolute Gasteiger partial charge is 0.480 e. The minimum Gasteiger partial charge on any atom is -0.480 e. The molecule has 1 aliphatic rings. The number of carboxylic acids is 1. The van der Waals surface area contributed by atoms with Gasteiger partial charge in [0.15, 0.2) is 0 Å². The van der Waals surface area contributed by atoms with Crippen molar-refractivity contribution in [2.75, 3.05) is 26.2 Å². The Hall–Kier alpha value is -1.95. The first-order chi connectivity index (χ1) is 10.1. The standard InChI is InChI=1S/C15H21N3O3/c1-11-7-13(4-5-17-11)15(21)18-6-2-3-12(10-18)8-16-9-14(19)20/h4-5,7,12,16H,2-3,6,8-10H2,1H3,(H,19,20). The van der Waals surface area contributed by atoms with E-state index in [2.05, 4.69) is 10.3 Å². The SMILES string of the molecule is Cc1cc(C(=O)N2CCCC(CNCC(=O)O)C2)ccn1. The number of hydrogen-bond acceptors (Lipinski definition) is 4. The molecule has 1 aliphatic heterocycles. The number of likely N-dealkylation sites (tertiary alicyclic amines) is 1. The van der Waals surface area contributed by atoms with E-state index in [1.807, 2.05) is 11.8 Å². The van der Waals surface area contributed by atoms with Gasteiger partial charge in [-0.05, 0) is 37.8 Å². The number of rotatable bonds is 5. The Morgan fingerprint density at radius 1 is 1.52 bits per heavy atom.